The van der Waals surface area contributed by atoms with E-state index in [4.69, 9.17) is 4.42 Å². The first kappa shape index (κ1) is 20.9. The maximum atomic E-state index is 13.0. The molecular formula is C22H20F3N3O3. The van der Waals surface area contributed by atoms with E-state index in [1.54, 1.807) is 42.5 Å². The van der Waals surface area contributed by atoms with E-state index in [2.05, 4.69) is 15.8 Å². The normalized spacial score (nSPS) is 19.2. The van der Waals surface area contributed by atoms with E-state index in [0.29, 0.717) is 35.2 Å². The molecule has 0 radical (unpaired) electrons. The van der Waals surface area contributed by atoms with Crippen molar-refractivity contribution in [3.63, 3.8) is 0 Å². The van der Waals surface area contributed by atoms with Gasteiger partial charge in [-0.3, -0.25) is 20.4 Å². The number of carbonyl (C=O) groups excluding carboxylic acids is 2. The van der Waals surface area contributed by atoms with Gasteiger partial charge in [-0.25, -0.2) is 4.98 Å². The Hall–Kier alpha value is -3.36. The number of para-hydroxylation sites is 1. The Balaban J connectivity index is 1.50. The van der Waals surface area contributed by atoms with Gasteiger partial charge in [0.1, 0.15) is 5.69 Å². The van der Waals surface area contributed by atoms with Gasteiger partial charge in [0.25, 0.3) is 5.91 Å². The summed E-state index contributed by atoms with van der Waals surface area (Å²) in [6.45, 7) is 0. The van der Waals surface area contributed by atoms with Crippen molar-refractivity contribution < 1.29 is 27.2 Å². The number of carbonyl (C=O) groups is 2. The lowest BCUT2D eigenvalue weighted by atomic mass is 9.80. The van der Waals surface area contributed by atoms with Crippen LogP contribution in [0.15, 0.2) is 53.1 Å². The monoisotopic (exact) mass is 431 g/mol. The third kappa shape index (κ3) is 4.55. The molecule has 0 saturated heterocycles. The summed E-state index contributed by atoms with van der Waals surface area (Å²) < 4.78 is 44.4. The van der Waals surface area contributed by atoms with Crippen molar-refractivity contribution in [3.8, 4) is 11.5 Å². The molecule has 0 bridgehead atoms. The standard InChI is InChI=1S/C22H20F3N3O3/c23-22(24,25)14-6-3-5-13(11-14)20(29)27-28-21(30)16-12-18(19-9-4-10-31-19)26-17-8-2-1-7-15(16)17/h1-2,4,7-10,12-14H,3,5-6,11H2,(H,27,29)(H,28,30). The number of benzene rings is 1. The predicted octanol–water partition coefficient (Wildman–Crippen LogP) is 4.62. The summed E-state index contributed by atoms with van der Waals surface area (Å²) in [4.78, 5) is 29.7. The number of furan rings is 1. The second-order valence-corrected chi connectivity index (χ2v) is 7.59. The van der Waals surface area contributed by atoms with Gasteiger partial charge in [-0.2, -0.15) is 13.2 Å². The highest BCUT2D eigenvalue weighted by Gasteiger charge is 2.43. The second kappa shape index (κ2) is 8.41. The quantitative estimate of drug-likeness (QED) is 0.593. The van der Waals surface area contributed by atoms with Gasteiger partial charge in [-0.1, -0.05) is 24.6 Å². The molecule has 1 aliphatic rings. The van der Waals surface area contributed by atoms with Gasteiger partial charge < -0.3 is 4.42 Å². The molecule has 2 amide bonds. The van der Waals surface area contributed by atoms with E-state index in [9.17, 15) is 22.8 Å². The molecule has 31 heavy (non-hydrogen) atoms. The number of rotatable bonds is 3. The minimum absolute atomic E-state index is 0.0260. The number of hydrazine groups is 1. The van der Waals surface area contributed by atoms with E-state index >= 15 is 0 Å². The van der Waals surface area contributed by atoms with Crippen LogP contribution >= 0.6 is 0 Å². The largest absolute Gasteiger partial charge is 0.463 e. The number of halogens is 3. The van der Waals surface area contributed by atoms with Crippen molar-refractivity contribution in [1.82, 2.24) is 15.8 Å². The second-order valence-electron chi connectivity index (χ2n) is 7.59. The Morgan fingerprint density at radius 2 is 1.87 bits per heavy atom. The molecule has 1 saturated carbocycles. The van der Waals surface area contributed by atoms with Gasteiger partial charge in [0.15, 0.2) is 5.76 Å². The molecule has 9 heteroatoms. The number of nitrogens with one attached hydrogen (secondary N) is 2. The van der Waals surface area contributed by atoms with Crippen LogP contribution in [0.3, 0.4) is 0 Å². The van der Waals surface area contributed by atoms with Crippen molar-refractivity contribution in [2.45, 2.75) is 31.9 Å². The summed E-state index contributed by atoms with van der Waals surface area (Å²) in [5, 5.41) is 0.569. The summed E-state index contributed by atoms with van der Waals surface area (Å²) in [6.07, 6.45) is -2.40. The average molecular weight is 431 g/mol. The molecule has 2 atom stereocenters. The first-order chi connectivity index (χ1) is 14.8. The van der Waals surface area contributed by atoms with Crippen LogP contribution in [0.25, 0.3) is 22.4 Å². The topological polar surface area (TPSA) is 84.2 Å². The van der Waals surface area contributed by atoms with Crippen LogP contribution in [-0.2, 0) is 4.79 Å². The first-order valence-electron chi connectivity index (χ1n) is 9.93. The fourth-order valence-corrected chi connectivity index (χ4v) is 3.93. The molecular weight excluding hydrogens is 411 g/mol. The zero-order chi connectivity index (χ0) is 22.0. The summed E-state index contributed by atoms with van der Waals surface area (Å²) in [5.74, 6) is -3.03. The number of hydrogen-bond donors (Lipinski definition) is 2. The molecule has 2 unspecified atom stereocenters. The van der Waals surface area contributed by atoms with Crippen LogP contribution < -0.4 is 10.9 Å². The molecule has 162 valence electrons. The molecule has 3 aromatic rings. The molecule has 0 aliphatic heterocycles. The first-order valence-corrected chi connectivity index (χ1v) is 9.93. The van der Waals surface area contributed by atoms with Gasteiger partial charge in [0, 0.05) is 11.3 Å². The number of hydrogen-bond acceptors (Lipinski definition) is 4. The molecule has 2 N–H and O–H groups in total. The van der Waals surface area contributed by atoms with Gasteiger partial charge in [0.05, 0.1) is 23.3 Å². The zero-order valence-electron chi connectivity index (χ0n) is 16.4. The van der Waals surface area contributed by atoms with Crippen LogP contribution in [0.5, 0.6) is 0 Å². The Morgan fingerprint density at radius 3 is 2.61 bits per heavy atom. The zero-order valence-corrected chi connectivity index (χ0v) is 16.4. The van der Waals surface area contributed by atoms with Gasteiger partial charge in [-0.15, -0.1) is 0 Å². The van der Waals surface area contributed by atoms with Crippen LogP contribution in [0.1, 0.15) is 36.0 Å². The highest BCUT2D eigenvalue weighted by atomic mass is 19.4. The Labute approximate surface area is 175 Å². The molecule has 0 spiro atoms. The number of nitrogens with zero attached hydrogens (tertiary/aromatic N) is 1. The van der Waals surface area contributed by atoms with Gasteiger partial charge in [-0.05, 0) is 43.5 Å². The number of fused-ring (bicyclic) bond motifs is 1. The SMILES string of the molecule is O=C(NNC(=O)C1CCCC(C(F)(F)F)C1)c1cc(-c2ccco2)nc2ccccc12. The number of amides is 2. The molecule has 6 nitrogen and oxygen atoms in total. The van der Waals surface area contributed by atoms with Crippen molar-refractivity contribution in [1.29, 1.82) is 0 Å². The maximum absolute atomic E-state index is 13.0. The fraction of sp³-hybridized carbons (Fsp3) is 0.318. The van der Waals surface area contributed by atoms with E-state index in [1.165, 1.54) is 6.26 Å². The lowest BCUT2D eigenvalue weighted by Gasteiger charge is -2.29. The van der Waals surface area contributed by atoms with Crippen molar-refractivity contribution in [3.05, 3.63) is 54.3 Å². The minimum atomic E-state index is -4.32. The van der Waals surface area contributed by atoms with E-state index in [1.807, 2.05) is 0 Å². The molecule has 2 aromatic heterocycles. The van der Waals surface area contributed by atoms with Crippen molar-refractivity contribution in [2.75, 3.05) is 0 Å². The van der Waals surface area contributed by atoms with Gasteiger partial charge >= 0.3 is 6.18 Å². The lowest BCUT2D eigenvalue weighted by Crippen LogP contribution is -2.46. The Kier molecular flexibility index (Phi) is 5.67. The van der Waals surface area contributed by atoms with Crippen LogP contribution in [0, 0.1) is 11.8 Å². The molecule has 1 aliphatic carbocycles. The summed E-state index contributed by atoms with van der Waals surface area (Å²) in [7, 11) is 0. The average Bonchev–Trinajstić information content (AvgIpc) is 3.31. The van der Waals surface area contributed by atoms with Crippen molar-refractivity contribution >= 4 is 22.7 Å². The minimum Gasteiger partial charge on any atom is -0.463 e. The van der Waals surface area contributed by atoms with Crippen LogP contribution in [0.2, 0.25) is 0 Å². The predicted molar refractivity (Wildman–Crippen MR) is 107 cm³/mol. The smallest absolute Gasteiger partial charge is 0.391 e. The van der Waals surface area contributed by atoms with E-state index in [-0.39, 0.29) is 18.4 Å². The van der Waals surface area contributed by atoms with Crippen molar-refractivity contribution in [2.24, 2.45) is 11.8 Å². The Bertz CT molecular complexity index is 1100. The molecule has 2 heterocycles. The third-order valence-corrected chi connectivity index (χ3v) is 5.54. The number of pyridine rings is 1. The highest BCUT2D eigenvalue weighted by Crippen LogP contribution is 2.39. The van der Waals surface area contributed by atoms with E-state index < -0.39 is 29.8 Å². The van der Waals surface area contributed by atoms with Crippen LogP contribution in [0.4, 0.5) is 13.2 Å². The van der Waals surface area contributed by atoms with Crippen LogP contribution in [-0.4, -0.2) is 23.0 Å². The summed E-state index contributed by atoms with van der Waals surface area (Å²) in [5.41, 5.74) is 5.89. The Morgan fingerprint density at radius 1 is 1.06 bits per heavy atom. The molecule has 1 aromatic carbocycles. The third-order valence-electron chi connectivity index (χ3n) is 5.54. The maximum Gasteiger partial charge on any atom is 0.391 e. The van der Waals surface area contributed by atoms with Gasteiger partial charge in [0.2, 0.25) is 5.91 Å². The number of aromatic nitrogens is 1. The fourth-order valence-electron chi connectivity index (χ4n) is 3.93. The summed E-state index contributed by atoms with van der Waals surface area (Å²) >= 11 is 0. The number of alkyl halides is 3. The molecule has 4 rings (SSSR count). The van der Waals surface area contributed by atoms with E-state index in [0.717, 1.165) is 0 Å². The summed E-state index contributed by atoms with van der Waals surface area (Å²) in [6, 6.07) is 12.0. The molecule has 1 fully saturated rings. The highest BCUT2D eigenvalue weighted by molar-refractivity contribution is 6.07. The lowest BCUT2D eigenvalue weighted by molar-refractivity contribution is -0.186.